The van der Waals surface area contributed by atoms with Crippen LogP contribution in [0, 0.1) is 5.92 Å². The lowest BCUT2D eigenvalue weighted by Crippen LogP contribution is -2.55. The second kappa shape index (κ2) is 8.20. The maximum atomic E-state index is 11.8. The topological polar surface area (TPSA) is 107 Å². The Hall–Kier alpha value is -1.28. The van der Waals surface area contributed by atoms with E-state index in [2.05, 4.69) is 4.90 Å². The highest BCUT2D eigenvalue weighted by molar-refractivity contribution is 6.40. The third-order valence-corrected chi connectivity index (χ3v) is 5.06. The summed E-state index contributed by atoms with van der Waals surface area (Å²) in [6, 6.07) is 7.48. The molecule has 0 aliphatic carbocycles. The summed E-state index contributed by atoms with van der Waals surface area (Å²) in [4.78, 5) is 13.9. The molecule has 6 nitrogen and oxygen atoms in total. The van der Waals surface area contributed by atoms with Gasteiger partial charge in [0, 0.05) is 29.7 Å². The number of halogens is 1. The lowest BCUT2D eigenvalue weighted by Gasteiger charge is -2.31. The van der Waals surface area contributed by atoms with Crippen molar-refractivity contribution in [2.24, 2.45) is 11.7 Å². The number of carbonyl (C=O) groups is 1. The summed E-state index contributed by atoms with van der Waals surface area (Å²) in [5.41, 5.74) is 5.98. The monoisotopic (exact) mass is 354 g/mol. The van der Waals surface area contributed by atoms with E-state index >= 15 is 0 Å². The van der Waals surface area contributed by atoms with E-state index in [1.807, 2.05) is 24.3 Å². The maximum Gasteiger partial charge on any atom is 0.451 e. The highest BCUT2D eigenvalue weighted by atomic mass is 35.5. The first kappa shape index (κ1) is 19.1. The second-order valence-electron chi connectivity index (χ2n) is 6.48. The molecule has 1 aromatic carbocycles. The Bertz CT molecular complexity index is 558. The number of rotatable bonds is 8. The number of carboxylic acids is 1. The molecule has 2 atom stereocenters. The minimum Gasteiger partial charge on any atom is -0.480 e. The molecule has 1 aromatic rings. The van der Waals surface area contributed by atoms with E-state index in [0.717, 1.165) is 12.2 Å². The van der Waals surface area contributed by atoms with Crippen molar-refractivity contribution in [1.82, 2.24) is 0 Å². The first-order chi connectivity index (χ1) is 11.3. The number of hydrogen-bond acceptors (Lipinski definition) is 5. The largest absolute Gasteiger partial charge is 0.480 e. The van der Waals surface area contributed by atoms with Crippen molar-refractivity contribution < 1.29 is 19.9 Å². The Labute approximate surface area is 147 Å². The third kappa shape index (κ3) is 4.63. The Kier molecular flexibility index (Phi) is 6.51. The van der Waals surface area contributed by atoms with Crippen molar-refractivity contribution in [1.29, 1.82) is 0 Å². The van der Waals surface area contributed by atoms with Crippen molar-refractivity contribution in [2.75, 3.05) is 18.0 Å². The van der Waals surface area contributed by atoms with Crippen LogP contribution in [0.3, 0.4) is 0 Å². The summed E-state index contributed by atoms with van der Waals surface area (Å²) in [6.45, 7) is 1.35. The molecule has 1 aliphatic heterocycles. The highest BCUT2D eigenvalue weighted by Crippen LogP contribution is 2.33. The Balaban J connectivity index is 1.98. The van der Waals surface area contributed by atoms with Crippen LogP contribution >= 0.6 is 11.6 Å². The van der Waals surface area contributed by atoms with Gasteiger partial charge in [0.05, 0.1) is 0 Å². The predicted octanol–water partition coefficient (Wildman–Crippen LogP) is 1.59. The van der Waals surface area contributed by atoms with E-state index in [0.29, 0.717) is 37.3 Å². The van der Waals surface area contributed by atoms with Gasteiger partial charge >= 0.3 is 13.1 Å². The van der Waals surface area contributed by atoms with Gasteiger partial charge in [0.25, 0.3) is 0 Å². The van der Waals surface area contributed by atoms with E-state index in [1.54, 1.807) is 0 Å². The lowest BCUT2D eigenvalue weighted by molar-refractivity contribution is -0.145. The van der Waals surface area contributed by atoms with E-state index in [1.165, 1.54) is 0 Å². The molecule has 2 rings (SSSR count). The SMILES string of the molecule is N[C@@](CCCCB(O)O)(C(=O)O)C1CCN(c2ccc(Cl)cc2)C1. The minimum atomic E-state index is -1.35. The number of unbranched alkanes of at least 4 members (excludes halogenated alkanes) is 1. The number of nitrogens with zero attached hydrogens (tertiary/aromatic N) is 1. The van der Waals surface area contributed by atoms with Gasteiger partial charge in [-0.25, -0.2) is 0 Å². The van der Waals surface area contributed by atoms with E-state index in [9.17, 15) is 9.90 Å². The Morgan fingerprint density at radius 1 is 1.33 bits per heavy atom. The average molecular weight is 355 g/mol. The number of benzene rings is 1. The molecule has 0 aromatic heterocycles. The quantitative estimate of drug-likeness (QED) is 0.417. The van der Waals surface area contributed by atoms with E-state index in [4.69, 9.17) is 27.4 Å². The normalized spacial score (nSPS) is 20.0. The van der Waals surface area contributed by atoms with Gasteiger partial charge in [-0.15, -0.1) is 0 Å². The van der Waals surface area contributed by atoms with Crippen LogP contribution in [0.5, 0.6) is 0 Å². The van der Waals surface area contributed by atoms with Crippen LogP contribution in [-0.2, 0) is 4.79 Å². The van der Waals surface area contributed by atoms with Gasteiger partial charge in [-0.2, -0.15) is 0 Å². The van der Waals surface area contributed by atoms with Crippen molar-refractivity contribution in [2.45, 2.75) is 37.5 Å². The zero-order chi connectivity index (χ0) is 17.7. The predicted molar refractivity (Wildman–Crippen MR) is 95.2 cm³/mol. The average Bonchev–Trinajstić information content (AvgIpc) is 3.02. The van der Waals surface area contributed by atoms with Crippen LogP contribution in [0.15, 0.2) is 24.3 Å². The van der Waals surface area contributed by atoms with Gasteiger partial charge in [-0.3, -0.25) is 4.79 Å². The van der Waals surface area contributed by atoms with Crippen LogP contribution in [0.4, 0.5) is 5.69 Å². The smallest absolute Gasteiger partial charge is 0.451 e. The zero-order valence-electron chi connectivity index (χ0n) is 13.6. The molecule has 132 valence electrons. The summed E-state index contributed by atoms with van der Waals surface area (Å²) in [5.74, 6) is -1.14. The molecule has 0 radical (unpaired) electrons. The fourth-order valence-corrected chi connectivity index (χ4v) is 3.42. The van der Waals surface area contributed by atoms with Gasteiger partial charge in [0.1, 0.15) is 5.54 Å². The molecule has 0 bridgehead atoms. The number of anilines is 1. The van der Waals surface area contributed by atoms with E-state index < -0.39 is 18.6 Å². The molecule has 1 aliphatic rings. The maximum absolute atomic E-state index is 11.8. The molecule has 1 fully saturated rings. The van der Waals surface area contributed by atoms with Crippen molar-refractivity contribution in [3.8, 4) is 0 Å². The first-order valence-corrected chi connectivity index (χ1v) is 8.59. The molecule has 0 spiro atoms. The highest BCUT2D eigenvalue weighted by Gasteiger charge is 2.44. The van der Waals surface area contributed by atoms with Gasteiger partial charge in [-0.1, -0.05) is 24.4 Å². The zero-order valence-corrected chi connectivity index (χ0v) is 14.3. The number of nitrogens with two attached hydrogens (primary N) is 1. The Morgan fingerprint density at radius 2 is 2.00 bits per heavy atom. The van der Waals surface area contributed by atoms with E-state index in [-0.39, 0.29) is 12.2 Å². The molecule has 1 saturated heterocycles. The van der Waals surface area contributed by atoms with Gasteiger partial charge < -0.3 is 25.8 Å². The Morgan fingerprint density at radius 3 is 2.58 bits per heavy atom. The second-order valence-corrected chi connectivity index (χ2v) is 6.92. The van der Waals surface area contributed by atoms with Gasteiger partial charge in [0.15, 0.2) is 0 Å². The number of aliphatic carboxylic acids is 1. The number of hydrogen-bond donors (Lipinski definition) is 4. The fraction of sp³-hybridized carbons (Fsp3) is 0.562. The molecule has 1 heterocycles. The summed E-state index contributed by atoms with van der Waals surface area (Å²) in [7, 11) is -1.35. The molecule has 0 amide bonds. The van der Waals surface area contributed by atoms with Gasteiger partial charge in [0.2, 0.25) is 0 Å². The summed E-state index contributed by atoms with van der Waals surface area (Å²) >= 11 is 5.90. The molecule has 1 unspecified atom stereocenters. The van der Waals surface area contributed by atoms with Crippen LogP contribution in [0.25, 0.3) is 0 Å². The van der Waals surface area contributed by atoms with Crippen molar-refractivity contribution in [3.63, 3.8) is 0 Å². The summed E-state index contributed by atoms with van der Waals surface area (Å²) < 4.78 is 0. The lowest BCUT2D eigenvalue weighted by atomic mass is 9.77. The molecule has 8 heteroatoms. The molecule has 0 saturated carbocycles. The van der Waals surface area contributed by atoms with Crippen LogP contribution in [-0.4, -0.2) is 46.9 Å². The molecule has 24 heavy (non-hydrogen) atoms. The standard InChI is InChI=1S/C16H24BClN2O4/c18-13-3-5-14(6-4-13)20-10-7-12(11-20)16(19,15(21)22)8-1-2-9-17(23)24/h3-6,12,23-24H,1-2,7-11,19H2,(H,21,22)/t12?,16-/m1/s1. The molecule has 5 N–H and O–H groups in total. The van der Waals surface area contributed by atoms with Crippen LogP contribution in [0.1, 0.15) is 25.7 Å². The van der Waals surface area contributed by atoms with Crippen LogP contribution < -0.4 is 10.6 Å². The van der Waals surface area contributed by atoms with Crippen molar-refractivity contribution >= 4 is 30.4 Å². The molecular formula is C16H24BClN2O4. The fourth-order valence-electron chi connectivity index (χ4n) is 3.30. The first-order valence-electron chi connectivity index (χ1n) is 8.22. The molecular weight excluding hydrogens is 330 g/mol. The summed E-state index contributed by atoms with van der Waals surface area (Å²) in [6.07, 6.45) is 2.37. The minimum absolute atomic E-state index is 0.148. The third-order valence-electron chi connectivity index (χ3n) is 4.81. The summed E-state index contributed by atoms with van der Waals surface area (Å²) in [5, 5.41) is 28.1. The van der Waals surface area contributed by atoms with Gasteiger partial charge in [-0.05, 0) is 43.4 Å². The number of carboxylic acid groups (broad SMARTS) is 1. The van der Waals surface area contributed by atoms with Crippen LogP contribution in [0.2, 0.25) is 11.3 Å². The van der Waals surface area contributed by atoms with Crippen molar-refractivity contribution in [3.05, 3.63) is 29.3 Å².